The molecular formula is C20H21N3O2. The highest BCUT2D eigenvalue weighted by molar-refractivity contribution is 5.79. The smallest absolute Gasteiger partial charge is 0.261 e. The summed E-state index contributed by atoms with van der Waals surface area (Å²) in [6, 6.07) is 17.2. The normalized spacial score (nSPS) is 10.8. The molecule has 25 heavy (non-hydrogen) atoms. The second-order valence-electron chi connectivity index (χ2n) is 5.90. The number of carbonyl (C=O) groups excluding carboxylic acids is 1. The number of nitrogens with zero attached hydrogens (tertiary/aromatic N) is 3. The number of hydrogen-bond donors (Lipinski definition) is 0. The van der Waals surface area contributed by atoms with E-state index in [0.717, 1.165) is 6.42 Å². The number of fused-ring (bicyclic) bond motifs is 1. The molecule has 128 valence electrons. The van der Waals surface area contributed by atoms with Crippen molar-refractivity contribution in [1.82, 2.24) is 14.5 Å². The molecule has 3 rings (SSSR count). The van der Waals surface area contributed by atoms with E-state index in [-0.39, 0.29) is 18.0 Å². The molecule has 5 nitrogen and oxygen atoms in total. The quantitative estimate of drug-likeness (QED) is 0.695. The lowest BCUT2D eigenvalue weighted by Gasteiger charge is -2.21. The maximum Gasteiger partial charge on any atom is 0.261 e. The van der Waals surface area contributed by atoms with Crippen LogP contribution in [-0.2, 0) is 17.8 Å². The Morgan fingerprint density at radius 2 is 1.80 bits per heavy atom. The number of carbonyl (C=O) groups is 1. The van der Waals surface area contributed by atoms with Crippen LogP contribution < -0.4 is 5.56 Å². The van der Waals surface area contributed by atoms with Crippen molar-refractivity contribution in [2.24, 2.45) is 0 Å². The summed E-state index contributed by atoms with van der Waals surface area (Å²) in [6.07, 6.45) is 2.25. The predicted octanol–water partition coefficient (Wildman–Crippen LogP) is 2.49. The summed E-state index contributed by atoms with van der Waals surface area (Å²) in [5.41, 5.74) is 1.66. The molecule has 1 heterocycles. The van der Waals surface area contributed by atoms with Crippen molar-refractivity contribution >= 4 is 16.8 Å². The van der Waals surface area contributed by atoms with E-state index in [1.807, 2.05) is 31.2 Å². The van der Waals surface area contributed by atoms with Gasteiger partial charge in [-0.05, 0) is 31.0 Å². The summed E-state index contributed by atoms with van der Waals surface area (Å²) < 4.78 is 1.38. The van der Waals surface area contributed by atoms with E-state index in [4.69, 9.17) is 0 Å². The van der Waals surface area contributed by atoms with Gasteiger partial charge in [0, 0.05) is 13.1 Å². The van der Waals surface area contributed by atoms with Crippen LogP contribution in [0.4, 0.5) is 0 Å². The minimum atomic E-state index is -0.182. The molecule has 0 radical (unpaired) electrons. The average Bonchev–Trinajstić information content (AvgIpc) is 2.65. The number of amides is 1. The van der Waals surface area contributed by atoms with Crippen molar-refractivity contribution in [1.29, 1.82) is 0 Å². The third-order valence-corrected chi connectivity index (χ3v) is 4.28. The lowest BCUT2D eigenvalue weighted by Crippen LogP contribution is -2.37. The van der Waals surface area contributed by atoms with E-state index in [2.05, 4.69) is 17.1 Å². The standard InChI is InChI=1S/C20H21N3O2/c1-2-22(13-12-16-8-4-3-5-9-16)19(24)14-23-15-21-18-11-7-6-10-17(18)20(23)25/h3-11,15H,2,12-14H2,1H3. The molecule has 1 amide bonds. The van der Waals surface area contributed by atoms with Crippen molar-refractivity contribution in [3.05, 3.63) is 76.8 Å². The van der Waals surface area contributed by atoms with Gasteiger partial charge in [0.05, 0.1) is 17.2 Å². The first kappa shape index (κ1) is 16.9. The van der Waals surface area contributed by atoms with Gasteiger partial charge in [-0.25, -0.2) is 4.98 Å². The van der Waals surface area contributed by atoms with Gasteiger partial charge in [0.15, 0.2) is 0 Å². The largest absolute Gasteiger partial charge is 0.341 e. The van der Waals surface area contributed by atoms with Gasteiger partial charge in [-0.2, -0.15) is 0 Å². The van der Waals surface area contributed by atoms with E-state index in [9.17, 15) is 9.59 Å². The summed E-state index contributed by atoms with van der Waals surface area (Å²) in [6.45, 7) is 3.21. The topological polar surface area (TPSA) is 55.2 Å². The van der Waals surface area contributed by atoms with E-state index >= 15 is 0 Å². The van der Waals surface area contributed by atoms with Gasteiger partial charge in [0.1, 0.15) is 6.54 Å². The molecule has 3 aromatic rings. The Bertz CT molecular complexity index is 919. The minimum Gasteiger partial charge on any atom is -0.341 e. The van der Waals surface area contributed by atoms with Crippen LogP contribution >= 0.6 is 0 Å². The summed E-state index contributed by atoms with van der Waals surface area (Å²) in [5.74, 6) is -0.0717. The molecule has 0 bridgehead atoms. The zero-order chi connectivity index (χ0) is 17.6. The lowest BCUT2D eigenvalue weighted by molar-refractivity contribution is -0.131. The molecule has 0 aliphatic carbocycles. The number of likely N-dealkylation sites (N-methyl/N-ethyl adjacent to an activating group) is 1. The minimum absolute atomic E-state index is 0.0132. The van der Waals surface area contributed by atoms with Crippen LogP contribution in [0, 0.1) is 0 Å². The van der Waals surface area contributed by atoms with Gasteiger partial charge in [0.25, 0.3) is 5.56 Å². The molecule has 0 saturated heterocycles. The molecule has 0 unspecified atom stereocenters. The average molecular weight is 335 g/mol. The van der Waals surface area contributed by atoms with Crippen LogP contribution in [0.3, 0.4) is 0 Å². The zero-order valence-corrected chi connectivity index (χ0v) is 14.3. The van der Waals surface area contributed by atoms with Gasteiger partial charge in [-0.15, -0.1) is 0 Å². The number of benzene rings is 2. The van der Waals surface area contributed by atoms with Crippen molar-refractivity contribution in [3.8, 4) is 0 Å². The first-order valence-electron chi connectivity index (χ1n) is 8.45. The SMILES string of the molecule is CCN(CCc1ccccc1)C(=O)Cn1cnc2ccccc2c1=O. The second kappa shape index (κ2) is 7.75. The summed E-state index contributed by atoms with van der Waals surface area (Å²) in [4.78, 5) is 31.1. The maximum absolute atomic E-state index is 12.6. The highest BCUT2D eigenvalue weighted by Crippen LogP contribution is 2.06. The van der Waals surface area contributed by atoms with Crippen molar-refractivity contribution in [2.45, 2.75) is 19.9 Å². The number of aromatic nitrogens is 2. The molecule has 0 fully saturated rings. The van der Waals surface area contributed by atoms with Crippen LogP contribution in [0.5, 0.6) is 0 Å². The number of rotatable bonds is 6. The third kappa shape index (κ3) is 3.94. The Hall–Kier alpha value is -2.95. The fourth-order valence-electron chi connectivity index (χ4n) is 2.83. The molecule has 0 atom stereocenters. The Morgan fingerprint density at radius 3 is 2.56 bits per heavy atom. The third-order valence-electron chi connectivity index (χ3n) is 4.28. The fourth-order valence-corrected chi connectivity index (χ4v) is 2.83. The molecule has 5 heteroatoms. The summed E-state index contributed by atoms with van der Waals surface area (Å²) >= 11 is 0. The summed E-state index contributed by atoms with van der Waals surface area (Å²) in [7, 11) is 0. The molecule has 0 saturated carbocycles. The van der Waals surface area contributed by atoms with Gasteiger partial charge in [-0.1, -0.05) is 42.5 Å². The zero-order valence-electron chi connectivity index (χ0n) is 14.3. The first-order chi connectivity index (χ1) is 12.2. The Morgan fingerprint density at radius 1 is 1.08 bits per heavy atom. The van der Waals surface area contributed by atoms with Crippen LogP contribution in [0.2, 0.25) is 0 Å². The van der Waals surface area contributed by atoms with E-state index in [1.54, 1.807) is 23.1 Å². The lowest BCUT2D eigenvalue weighted by atomic mass is 10.1. The summed E-state index contributed by atoms with van der Waals surface area (Å²) in [5, 5.41) is 0.533. The monoisotopic (exact) mass is 335 g/mol. The molecule has 0 aliphatic rings. The Kier molecular flexibility index (Phi) is 5.23. The molecular weight excluding hydrogens is 314 g/mol. The van der Waals surface area contributed by atoms with Crippen molar-refractivity contribution < 1.29 is 4.79 Å². The van der Waals surface area contributed by atoms with Gasteiger partial charge in [-0.3, -0.25) is 14.2 Å². The van der Waals surface area contributed by atoms with Crippen LogP contribution in [0.1, 0.15) is 12.5 Å². The second-order valence-corrected chi connectivity index (χ2v) is 5.90. The highest BCUT2D eigenvalue weighted by Gasteiger charge is 2.14. The first-order valence-corrected chi connectivity index (χ1v) is 8.45. The Balaban J connectivity index is 1.71. The van der Waals surface area contributed by atoms with Crippen LogP contribution in [0.25, 0.3) is 10.9 Å². The van der Waals surface area contributed by atoms with E-state index < -0.39 is 0 Å². The molecule has 0 N–H and O–H groups in total. The number of hydrogen-bond acceptors (Lipinski definition) is 3. The molecule has 0 aliphatic heterocycles. The van der Waals surface area contributed by atoms with Gasteiger partial charge < -0.3 is 4.90 Å². The van der Waals surface area contributed by atoms with Gasteiger partial charge in [0.2, 0.25) is 5.91 Å². The maximum atomic E-state index is 12.6. The van der Waals surface area contributed by atoms with Gasteiger partial charge >= 0.3 is 0 Å². The number of para-hydroxylation sites is 1. The predicted molar refractivity (Wildman–Crippen MR) is 98.4 cm³/mol. The Labute approximate surface area is 146 Å². The highest BCUT2D eigenvalue weighted by atomic mass is 16.2. The van der Waals surface area contributed by atoms with E-state index in [1.165, 1.54) is 16.5 Å². The molecule has 0 spiro atoms. The van der Waals surface area contributed by atoms with Crippen LogP contribution in [0.15, 0.2) is 65.7 Å². The van der Waals surface area contributed by atoms with Crippen LogP contribution in [-0.4, -0.2) is 33.4 Å². The molecule has 2 aromatic carbocycles. The molecule has 1 aromatic heterocycles. The van der Waals surface area contributed by atoms with Crippen molar-refractivity contribution in [3.63, 3.8) is 0 Å². The van der Waals surface area contributed by atoms with E-state index in [0.29, 0.717) is 24.0 Å². The van der Waals surface area contributed by atoms with Crippen molar-refractivity contribution in [2.75, 3.05) is 13.1 Å². The fraction of sp³-hybridized carbons (Fsp3) is 0.250.